The van der Waals surface area contributed by atoms with E-state index in [2.05, 4.69) is 17.3 Å². The quantitative estimate of drug-likeness (QED) is 0.804. The second-order valence-corrected chi connectivity index (χ2v) is 7.64. The van der Waals surface area contributed by atoms with Crippen molar-refractivity contribution >= 4 is 0 Å². The molecule has 0 spiro atoms. The molecule has 96 valence electrons. The highest BCUT2D eigenvalue weighted by molar-refractivity contribution is 5.03. The lowest BCUT2D eigenvalue weighted by Crippen LogP contribution is -2.59. The van der Waals surface area contributed by atoms with E-state index in [1.165, 1.54) is 19.6 Å². The standard InChI is InChI=1S/C15H26N2/c1-17(14-8-16-9-14)10-15-5-11-2-12(6-15)4-13(3-11)7-15/h11-14,16H,2-10H2,1H3. The Bertz CT molecular complexity index is 273. The van der Waals surface area contributed by atoms with Crippen molar-refractivity contribution in [2.24, 2.45) is 23.2 Å². The van der Waals surface area contributed by atoms with Gasteiger partial charge in [-0.3, -0.25) is 0 Å². The van der Waals surface area contributed by atoms with E-state index in [0.717, 1.165) is 29.2 Å². The van der Waals surface area contributed by atoms with Crippen molar-refractivity contribution in [2.45, 2.75) is 44.6 Å². The van der Waals surface area contributed by atoms with Gasteiger partial charge in [-0.1, -0.05) is 0 Å². The molecule has 0 atom stereocenters. The Morgan fingerprint density at radius 1 is 1.00 bits per heavy atom. The summed E-state index contributed by atoms with van der Waals surface area (Å²) < 4.78 is 0. The van der Waals surface area contributed by atoms with E-state index in [-0.39, 0.29) is 0 Å². The molecule has 5 rings (SSSR count). The number of rotatable bonds is 3. The van der Waals surface area contributed by atoms with Gasteiger partial charge >= 0.3 is 0 Å². The monoisotopic (exact) mass is 234 g/mol. The normalized spacial score (nSPS) is 48.7. The van der Waals surface area contributed by atoms with Gasteiger partial charge in [-0.2, -0.15) is 0 Å². The molecule has 1 saturated heterocycles. The van der Waals surface area contributed by atoms with Crippen LogP contribution in [-0.4, -0.2) is 37.6 Å². The smallest absolute Gasteiger partial charge is 0.0342 e. The highest BCUT2D eigenvalue weighted by Gasteiger charge is 2.51. The van der Waals surface area contributed by atoms with Gasteiger partial charge in [0.1, 0.15) is 0 Å². The van der Waals surface area contributed by atoms with Crippen molar-refractivity contribution in [3.8, 4) is 0 Å². The minimum Gasteiger partial charge on any atom is -0.314 e. The Morgan fingerprint density at radius 2 is 1.53 bits per heavy atom. The summed E-state index contributed by atoms with van der Waals surface area (Å²) in [6.45, 7) is 3.84. The van der Waals surface area contributed by atoms with Gasteiger partial charge in [0, 0.05) is 25.7 Å². The summed E-state index contributed by atoms with van der Waals surface area (Å²) in [7, 11) is 2.37. The van der Waals surface area contributed by atoms with Gasteiger partial charge in [0.25, 0.3) is 0 Å². The molecule has 4 saturated carbocycles. The van der Waals surface area contributed by atoms with Gasteiger partial charge in [0.2, 0.25) is 0 Å². The third-order valence-corrected chi connectivity index (χ3v) is 6.13. The van der Waals surface area contributed by atoms with Crippen LogP contribution in [0.3, 0.4) is 0 Å². The number of likely N-dealkylation sites (N-methyl/N-ethyl adjacent to an activating group) is 1. The molecule has 4 aliphatic carbocycles. The summed E-state index contributed by atoms with van der Waals surface area (Å²) in [6, 6.07) is 0.836. The fourth-order valence-corrected chi connectivity index (χ4v) is 5.73. The van der Waals surface area contributed by atoms with Gasteiger partial charge in [-0.25, -0.2) is 0 Å². The number of nitrogens with one attached hydrogen (secondary N) is 1. The van der Waals surface area contributed by atoms with E-state index >= 15 is 0 Å². The van der Waals surface area contributed by atoms with Gasteiger partial charge in [0.15, 0.2) is 0 Å². The SMILES string of the molecule is CN(CC12CC3CC(CC(C3)C1)C2)C1CNC1. The lowest BCUT2D eigenvalue weighted by molar-refractivity contribution is -0.0729. The average Bonchev–Trinajstić information content (AvgIpc) is 2.09. The van der Waals surface area contributed by atoms with Crippen LogP contribution in [0.2, 0.25) is 0 Å². The highest BCUT2D eigenvalue weighted by Crippen LogP contribution is 2.60. The van der Waals surface area contributed by atoms with Crippen LogP contribution in [0.15, 0.2) is 0 Å². The molecule has 5 fully saturated rings. The third kappa shape index (κ3) is 1.76. The fourth-order valence-electron chi connectivity index (χ4n) is 5.73. The van der Waals surface area contributed by atoms with Crippen molar-refractivity contribution in [1.82, 2.24) is 10.2 Å². The van der Waals surface area contributed by atoms with E-state index in [1.807, 2.05) is 0 Å². The minimum atomic E-state index is 0.735. The number of hydrogen-bond donors (Lipinski definition) is 1. The van der Waals surface area contributed by atoms with Crippen LogP contribution in [0.4, 0.5) is 0 Å². The Balaban J connectivity index is 1.48. The predicted octanol–water partition coefficient (Wildman–Crippen LogP) is 2.11. The molecule has 1 heterocycles. The molecule has 0 aromatic carbocycles. The highest BCUT2D eigenvalue weighted by atomic mass is 15.2. The fraction of sp³-hybridized carbons (Fsp3) is 1.00. The molecular weight excluding hydrogens is 208 g/mol. The summed E-state index contributed by atoms with van der Waals surface area (Å²) >= 11 is 0. The van der Waals surface area contributed by atoms with Gasteiger partial charge in [-0.15, -0.1) is 0 Å². The van der Waals surface area contributed by atoms with Gasteiger partial charge < -0.3 is 10.2 Å². The van der Waals surface area contributed by atoms with Crippen LogP contribution in [0.1, 0.15) is 38.5 Å². The Hall–Kier alpha value is -0.0800. The van der Waals surface area contributed by atoms with Crippen molar-refractivity contribution in [3.63, 3.8) is 0 Å². The summed E-state index contributed by atoms with van der Waals surface area (Å²) in [5.41, 5.74) is 0.735. The molecule has 5 aliphatic rings. The summed E-state index contributed by atoms with van der Waals surface area (Å²) in [4.78, 5) is 2.67. The van der Waals surface area contributed by atoms with E-state index in [9.17, 15) is 0 Å². The minimum absolute atomic E-state index is 0.735. The maximum absolute atomic E-state index is 3.41. The van der Waals surface area contributed by atoms with E-state index in [1.54, 1.807) is 38.5 Å². The first-order chi connectivity index (χ1) is 8.22. The molecule has 0 amide bonds. The largest absolute Gasteiger partial charge is 0.314 e. The molecule has 0 radical (unpaired) electrons. The molecule has 0 aromatic rings. The maximum atomic E-state index is 3.41. The van der Waals surface area contributed by atoms with E-state index in [0.29, 0.717) is 0 Å². The third-order valence-electron chi connectivity index (χ3n) is 6.13. The van der Waals surface area contributed by atoms with Gasteiger partial charge in [0.05, 0.1) is 0 Å². The second-order valence-electron chi connectivity index (χ2n) is 7.64. The molecule has 0 aromatic heterocycles. The Kier molecular flexibility index (Phi) is 2.36. The second kappa shape index (κ2) is 3.71. The van der Waals surface area contributed by atoms with E-state index in [4.69, 9.17) is 0 Å². The first-order valence-electron chi connectivity index (χ1n) is 7.63. The van der Waals surface area contributed by atoms with Crippen molar-refractivity contribution in [2.75, 3.05) is 26.7 Å². The number of nitrogens with zero attached hydrogens (tertiary/aromatic N) is 1. The Morgan fingerprint density at radius 3 is 1.94 bits per heavy atom. The Labute approximate surface area is 105 Å². The van der Waals surface area contributed by atoms with Crippen LogP contribution < -0.4 is 5.32 Å². The van der Waals surface area contributed by atoms with Crippen molar-refractivity contribution in [3.05, 3.63) is 0 Å². The summed E-state index contributed by atoms with van der Waals surface area (Å²) in [5, 5.41) is 3.41. The van der Waals surface area contributed by atoms with Crippen molar-refractivity contribution < 1.29 is 0 Å². The number of hydrogen-bond acceptors (Lipinski definition) is 2. The van der Waals surface area contributed by atoms with Crippen LogP contribution in [0, 0.1) is 23.2 Å². The zero-order valence-corrected chi connectivity index (χ0v) is 11.1. The topological polar surface area (TPSA) is 15.3 Å². The van der Waals surface area contributed by atoms with Crippen LogP contribution in [0.25, 0.3) is 0 Å². The lowest BCUT2D eigenvalue weighted by Gasteiger charge is -2.58. The molecular formula is C15H26N2. The van der Waals surface area contributed by atoms with Gasteiger partial charge in [-0.05, 0) is 68.7 Å². The van der Waals surface area contributed by atoms with Crippen LogP contribution >= 0.6 is 0 Å². The summed E-state index contributed by atoms with van der Waals surface area (Å²) in [6.07, 6.45) is 9.41. The molecule has 4 bridgehead atoms. The average molecular weight is 234 g/mol. The molecule has 2 heteroatoms. The molecule has 1 N–H and O–H groups in total. The van der Waals surface area contributed by atoms with Crippen LogP contribution in [0.5, 0.6) is 0 Å². The van der Waals surface area contributed by atoms with E-state index < -0.39 is 0 Å². The first-order valence-corrected chi connectivity index (χ1v) is 7.63. The molecule has 0 unspecified atom stereocenters. The maximum Gasteiger partial charge on any atom is 0.0342 e. The molecule has 1 aliphatic heterocycles. The van der Waals surface area contributed by atoms with Crippen molar-refractivity contribution in [1.29, 1.82) is 0 Å². The zero-order chi connectivity index (χ0) is 11.5. The molecule has 2 nitrogen and oxygen atoms in total. The zero-order valence-electron chi connectivity index (χ0n) is 11.1. The molecule has 17 heavy (non-hydrogen) atoms. The summed E-state index contributed by atoms with van der Waals surface area (Å²) in [5.74, 6) is 3.32. The first kappa shape index (κ1) is 10.8. The lowest BCUT2D eigenvalue weighted by atomic mass is 9.49. The predicted molar refractivity (Wildman–Crippen MR) is 69.9 cm³/mol. The van der Waals surface area contributed by atoms with Crippen LogP contribution in [-0.2, 0) is 0 Å².